The van der Waals surface area contributed by atoms with Crippen molar-refractivity contribution in [3.8, 4) is 0 Å². The molecular formula is C22H24FN5. The maximum atomic E-state index is 13.1. The van der Waals surface area contributed by atoms with Crippen molar-refractivity contribution in [2.24, 2.45) is 0 Å². The first-order valence-corrected chi connectivity index (χ1v) is 9.39. The molecule has 144 valence electrons. The molecule has 4 rings (SSSR count). The summed E-state index contributed by atoms with van der Waals surface area (Å²) >= 11 is 0. The van der Waals surface area contributed by atoms with E-state index in [4.69, 9.17) is 4.98 Å². The van der Waals surface area contributed by atoms with Gasteiger partial charge in [0.1, 0.15) is 11.5 Å². The van der Waals surface area contributed by atoms with Crippen LogP contribution in [-0.4, -0.2) is 19.2 Å². The number of halogens is 1. The van der Waals surface area contributed by atoms with Crippen LogP contribution in [0, 0.1) is 33.5 Å². The van der Waals surface area contributed by atoms with Gasteiger partial charge in [-0.3, -0.25) is 4.68 Å². The van der Waals surface area contributed by atoms with Crippen molar-refractivity contribution >= 4 is 11.3 Å². The Morgan fingerprint density at radius 1 is 1.00 bits per heavy atom. The lowest BCUT2D eigenvalue weighted by atomic mass is 10.2. The number of aryl methyl sites for hydroxylation is 3. The third-order valence-corrected chi connectivity index (χ3v) is 5.20. The predicted octanol–water partition coefficient (Wildman–Crippen LogP) is 4.56. The number of nitrogens with zero attached hydrogens (tertiary/aromatic N) is 4. The molecule has 0 aliphatic rings. The van der Waals surface area contributed by atoms with Gasteiger partial charge in [0.15, 0.2) is 0 Å². The van der Waals surface area contributed by atoms with Crippen molar-refractivity contribution in [1.29, 1.82) is 0 Å². The standard InChI is InChI=1S/C22H24FN5/c1-14-6-5-11-27-20(15(2)25-22(14)27)12-24-21-16(3)26-28(17(21)4)13-18-7-9-19(23)10-8-18/h5-11,24H,12-13H2,1-4H3. The first kappa shape index (κ1) is 18.2. The summed E-state index contributed by atoms with van der Waals surface area (Å²) in [7, 11) is 0. The Kier molecular flexibility index (Phi) is 4.63. The number of hydrogen-bond donors (Lipinski definition) is 1. The Labute approximate surface area is 163 Å². The highest BCUT2D eigenvalue weighted by Crippen LogP contribution is 2.23. The fraction of sp³-hybridized carbons (Fsp3) is 0.273. The minimum absolute atomic E-state index is 0.224. The Balaban J connectivity index is 1.58. The molecule has 0 radical (unpaired) electrons. The number of aromatic nitrogens is 4. The van der Waals surface area contributed by atoms with Crippen LogP contribution in [0.5, 0.6) is 0 Å². The van der Waals surface area contributed by atoms with Gasteiger partial charge >= 0.3 is 0 Å². The molecule has 28 heavy (non-hydrogen) atoms. The van der Waals surface area contributed by atoms with Crippen LogP contribution in [0.25, 0.3) is 5.65 Å². The number of rotatable bonds is 5. The van der Waals surface area contributed by atoms with Crippen LogP contribution < -0.4 is 5.32 Å². The second-order valence-corrected chi connectivity index (χ2v) is 7.21. The fourth-order valence-electron chi connectivity index (χ4n) is 3.62. The van der Waals surface area contributed by atoms with Crippen LogP contribution in [0.3, 0.4) is 0 Å². The summed E-state index contributed by atoms with van der Waals surface area (Å²) in [4.78, 5) is 4.71. The van der Waals surface area contributed by atoms with Crippen LogP contribution in [0.4, 0.5) is 10.1 Å². The van der Waals surface area contributed by atoms with Gasteiger partial charge in [0.05, 0.1) is 41.6 Å². The smallest absolute Gasteiger partial charge is 0.140 e. The zero-order chi connectivity index (χ0) is 19.8. The summed E-state index contributed by atoms with van der Waals surface area (Å²) in [5, 5.41) is 8.21. The highest BCUT2D eigenvalue weighted by atomic mass is 19.1. The molecule has 1 aromatic carbocycles. The van der Waals surface area contributed by atoms with Gasteiger partial charge in [0.2, 0.25) is 0 Å². The number of anilines is 1. The quantitative estimate of drug-likeness (QED) is 0.554. The number of fused-ring (bicyclic) bond motifs is 1. The van der Waals surface area contributed by atoms with Crippen LogP contribution in [0.15, 0.2) is 42.6 Å². The molecule has 4 aromatic rings. The van der Waals surface area contributed by atoms with Crippen molar-refractivity contribution in [3.63, 3.8) is 0 Å². The molecule has 5 nitrogen and oxygen atoms in total. The van der Waals surface area contributed by atoms with Gasteiger partial charge in [-0.05, 0) is 57.0 Å². The van der Waals surface area contributed by atoms with Crippen molar-refractivity contribution in [3.05, 3.63) is 82.3 Å². The molecule has 0 amide bonds. The van der Waals surface area contributed by atoms with Crippen molar-refractivity contribution < 1.29 is 4.39 Å². The normalized spacial score (nSPS) is 11.3. The number of pyridine rings is 1. The molecular weight excluding hydrogens is 353 g/mol. The Bertz CT molecular complexity index is 1140. The van der Waals surface area contributed by atoms with Crippen LogP contribution >= 0.6 is 0 Å². The monoisotopic (exact) mass is 377 g/mol. The Morgan fingerprint density at radius 3 is 2.50 bits per heavy atom. The van der Waals surface area contributed by atoms with Gasteiger partial charge in [-0.1, -0.05) is 18.2 Å². The molecule has 6 heteroatoms. The van der Waals surface area contributed by atoms with E-state index in [0.29, 0.717) is 13.1 Å². The third-order valence-electron chi connectivity index (χ3n) is 5.20. The summed E-state index contributed by atoms with van der Waals surface area (Å²) < 4.78 is 17.2. The molecule has 0 saturated heterocycles. The van der Waals surface area contributed by atoms with E-state index in [1.54, 1.807) is 12.1 Å². The molecule has 0 aliphatic heterocycles. The molecule has 0 fully saturated rings. The highest BCUT2D eigenvalue weighted by Gasteiger charge is 2.14. The number of benzene rings is 1. The van der Waals surface area contributed by atoms with Crippen molar-refractivity contribution in [2.75, 3.05) is 5.32 Å². The first-order valence-electron chi connectivity index (χ1n) is 9.39. The summed E-state index contributed by atoms with van der Waals surface area (Å²) in [5.41, 5.74) is 8.38. The van der Waals surface area contributed by atoms with Crippen molar-refractivity contribution in [1.82, 2.24) is 19.2 Å². The lowest BCUT2D eigenvalue weighted by molar-refractivity contribution is 0.622. The summed E-state index contributed by atoms with van der Waals surface area (Å²) in [6, 6.07) is 10.7. The summed E-state index contributed by atoms with van der Waals surface area (Å²) in [6.07, 6.45) is 2.05. The number of imidazole rings is 1. The van der Waals surface area contributed by atoms with Crippen molar-refractivity contribution in [2.45, 2.75) is 40.8 Å². The average molecular weight is 377 g/mol. The van der Waals surface area contributed by atoms with Gasteiger partial charge in [0.25, 0.3) is 0 Å². The van der Waals surface area contributed by atoms with Gasteiger partial charge in [-0.25, -0.2) is 9.37 Å². The van der Waals surface area contributed by atoms with E-state index in [2.05, 4.69) is 40.9 Å². The van der Waals surface area contributed by atoms with E-state index >= 15 is 0 Å². The van der Waals surface area contributed by atoms with Gasteiger partial charge in [-0.2, -0.15) is 5.10 Å². The van der Waals surface area contributed by atoms with E-state index in [-0.39, 0.29) is 5.82 Å². The molecule has 1 N–H and O–H groups in total. The second-order valence-electron chi connectivity index (χ2n) is 7.21. The minimum atomic E-state index is -0.224. The third kappa shape index (κ3) is 3.26. The van der Waals surface area contributed by atoms with Gasteiger partial charge in [0, 0.05) is 6.20 Å². The topological polar surface area (TPSA) is 47.2 Å². The van der Waals surface area contributed by atoms with E-state index in [1.165, 1.54) is 12.1 Å². The van der Waals surface area contributed by atoms with Crippen LogP contribution in [0.2, 0.25) is 0 Å². The highest BCUT2D eigenvalue weighted by molar-refractivity contribution is 5.54. The largest absolute Gasteiger partial charge is 0.376 e. The van der Waals surface area contributed by atoms with Gasteiger partial charge < -0.3 is 9.72 Å². The van der Waals surface area contributed by atoms with Crippen LogP contribution in [-0.2, 0) is 13.1 Å². The molecule has 3 aromatic heterocycles. The SMILES string of the molecule is Cc1nn(Cc2ccc(F)cc2)c(C)c1NCc1c(C)nc2c(C)cccn12. The van der Waals surface area contributed by atoms with E-state index in [0.717, 1.165) is 45.2 Å². The first-order chi connectivity index (χ1) is 13.4. The maximum absolute atomic E-state index is 13.1. The average Bonchev–Trinajstić information content (AvgIpc) is 3.13. The molecule has 0 bridgehead atoms. The van der Waals surface area contributed by atoms with Gasteiger partial charge in [-0.15, -0.1) is 0 Å². The zero-order valence-electron chi connectivity index (χ0n) is 16.6. The van der Waals surface area contributed by atoms with E-state index < -0.39 is 0 Å². The summed E-state index contributed by atoms with van der Waals surface area (Å²) in [6.45, 7) is 9.45. The fourth-order valence-corrected chi connectivity index (χ4v) is 3.62. The Hall–Kier alpha value is -3.15. The lowest BCUT2D eigenvalue weighted by Gasteiger charge is -2.09. The number of nitrogens with one attached hydrogen (secondary N) is 1. The zero-order valence-corrected chi connectivity index (χ0v) is 16.6. The van der Waals surface area contributed by atoms with E-state index in [1.807, 2.05) is 24.6 Å². The molecule has 0 saturated carbocycles. The summed E-state index contributed by atoms with van der Waals surface area (Å²) in [5.74, 6) is -0.224. The Morgan fingerprint density at radius 2 is 1.75 bits per heavy atom. The maximum Gasteiger partial charge on any atom is 0.140 e. The molecule has 0 spiro atoms. The minimum Gasteiger partial charge on any atom is -0.376 e. The van der Waals surface area contributed by atoms with E-state index in [9.17, 15) is 4.39 Å². The lowest BCUT2D eigenvalue weighted by Crippen LogP contribution is -2.07. The molecule has 0 atom stereocenters. The predicted molar refractivity (Wildman–Crippen MR) is 109 cm³/mol. The molecule has 3 heterocycles. The molecule has 0 aliphatic carbocycles. The van der Waals surface area contributed by atoms with Crippen LogP contribution in [0.1, 0.15) is 33.9 Å². The second kappa shape index (κ2) is 7.11. The molecule has 0 unspecified atom stereocenters. The number of hydrogen-bond acceptors (Lipinski definition) is 3.